The molecule has 0 saturated heterocycles. The van der Waals surface area contributed by atoms with Gasteiger partial charge >= 0.3 is 0 Å². The summed E-state index contributed by atoms with van der Waals surface area (Å²) in [5, 5.41) is 0. The summed E-state index contributed by atoms with van der Waals surface area (Å²) in [5.41, 5.74) is 10.0. The Morgan fingerprint density at radius 1 is 1.12 bits per heavy atom. The molecule has 0 radical (unpaired) electrons. The van der Waals surface area contributed by atoms with Crippen LogP contribution in [0.3, 0.4) is 0 Å². The first kappa shape index (κ1) is 10.6. The van der Waals surface area contributed by atoms with Gasteiger partial charge in [0.05, 0.1) is 12.0 Å². The van der Waals surface area contributed by atoms with Gasteiger partial charge in [-0.2, -0.15) is 0 Å². The minimum atomic E-state index is 0.702. The van der Waals surface area contributed by atoms with E-state index < -0.39 is 0 Å². The molecule has 0 aliphatic rings. The number of hydrogen-bond acceptors (Lipinski definition) is 2. The summed E-state index contributed by atoms with van der Waals surface area (Å²) in [4.78, 5) is 0. The van der Waals surface area contributed by atoms with E-state index in [9.17, 15) is 0 Å². The van der Waals surface area contributed by atoms with Crippen molar-refractivity contribution in [3.63, 3.8) is 0 Å². The lowest BCUT2D eigenvalue weighted by molar-refractivity contribution is 0.550. The van der Waals surface area contributed by atoms with Crippen molar-refractivity contribution in [2.24, 2.45) is 5.73 Å². The summed E-state index contributed by atoms with van der Waals surface area (Å²) >= 11 is 0. The van der Waals surface area contributed by atoms with Crippen molar-refractivity contribution in [3.05, 3.63) is 59.5 Å². The zero-order valence-corrected chi connectivity index (χ0v) is 9.53. The molecule has 0 unspecified atom stereocenters. The zero-order valence-electron chi connectivity index (χ0n) is 9.53. The van der Waals surface area contributed by atoms with Gasteiger partial charge in [-0.3, -0.25) is 0 Å². The first-order valence-electron chi connectivity index (χ1n) is 5.26. The van der Waals surface area contributed by atoms with Gasteiger partial charge in [0, 0.05) is 0 Å². The maximum atomic E-state index is 6.10. The first-order valence-corrected chi connectivity index (χ1v) is 5.26. The molecule has 2 nitrogen and oxygen atoms in total. The summed E-state index contributed by atoms with van der Waals surface area (Å²) in [6.45, 7) is 4.00. The molecule has 0 bridgehead atoms. The molecule has 1 aromatic heterocycles. The van der Waals surface area contributed by atoms with Crippen LogP contribution in [0.4, 0.5) is 0 Å². The number of benzene rings is 1. The molecule has 82 valence electrons. The van der Waals surface area contributed by atoms with Crippen molar-refractivity contribution in [1.29, 1.82) is 0 Å². The highest BCUT2D eigenvalue weighted by molar-refractivity contribution is 5.87. The van der Waals surface area contributed by atoms with Gasteiger partial charge in [-0.25, -0.2) is 0 Å². The van der Waals surface area contributed by atoms with E-state index in [0.29, 0.717) is 5.70 Å². The van der Waals surface area contributed by atoms with E-state index in [1.807, 2.05) is 50.2 Å². The Morgan fingerprint density at radius 3 is 2.38 bits per heavy atom. The minimum absolute atomic E-state index is 0.702. The first-order chi connectivity index (χ1) is 7.70. The standard InChI is InChI=1S/C14H15NO/c1-10-8-9-16-14(10)13(15)11(2)12-6-4-3-5-7-12/h3-9H,15H2,1-2H3/b13-11-. The van der Waals surface area contributed by atoms with Crippen LogP contribution in [-0.2, 0) is 0 Å². The molecule has 0 fully saturated rings. The third-order valence-electron chi connectivity index (χ3n) is 2.72. The van der Waals surface area contributed by atoms with Crippen LogP contribution in [0.25, 0.3) is 11.3 Å². The highest BCUT2D eigenvalue weighted by Crippen LogP contribution is 2.24. The van der Waals surface area contributed by atoms with Gasteiger partial charge in [-0.15, -0.1) is 0 Å². The Morgan fingerprint density at radius 2 is 1.81 bits per heavy atom. The van der Waals surface area contributed by atoms with Gasteiger partial charge < -0.3 is 10.2 Å². The highest BCUT2D eigenvalue weighted by Gasteiger charge is 2.09. The normalized spacial score (nSPS) is 12.4. The van der Waals surface area contributed by atoms with Crippen LogP contribution >= 0.6 is 0 Å². The summed E-state index contributed by atoms with van der Waals surface area (Å²) in [6, 6.07) is 12.0. The molecular weight excluding hydrogens is 198 g/mol. The Hall–Kier alpha value is -1.96. The van der Waals surface area contributed by atoms with Crippen molar-refractivity contribution >= 4 is 11.3 Å². The number of furan rings is 1. The Labute approximate surface area is 95.4 Å². The monoisotopic (exact) mass is 213 g/mol. The van der Waals surface area contributed by atoms with Crippen molar-refractivity contribution in [3.8, 4) is 0 Å². The predicted molar refractivity (Wildman–Crippen MR) is 66.6 cm³/mol. The van der Waals surface area contributed by atoms with Gasteiger partial charge in [0.2, 0.25) is 0 Å². The fraction of sp³-hybridized carbons (Fsp3) is 0.143. The molecule has 0 aliphatic carbocycles. The topological polar surface area (TPSA) is 39.2 Å². The molecule has 2 aromatic rings. The van der Waals surface area contributed by atoms with Gasteiger partial charge in [0.15, 0.2) is 5.76 Å². The predicted octanol–water partition coefficient (Wildman–Crippen LogP) is 3.43. The molecule has 0 aliphatic heterocycles. The summed E-state index contributed by atoms with van der Waals surface area (Å²) in [5.74, 6) is 0.765. The second-order valence-electron chi connectivity index (χ2n) is 3.84. The van der Waals surface area contributed by atoms with Crippen LogP contribution in [0, 0.1) is 6.92 Å². The Kier molecular flexibility index (Phi) is 2.82. The number of rotatable bonds is 2. The number of aryl methyl sites for hydroxylation is 1. The average molecular weight is 213 g/mol. The maximum Gasteiger partial charge on any atom is 0.152 e. The van der Waals surface area contributed by atoms with E-state index in [0.717, 1.165) is 22.5 Å². The Bertz CT molecular complexity index is 509. The van der Waals surface area contributed by atoms with Gasteiger partial charge in [-0.1, -0.05) is 30.3 Å². The van der Waals surface area contributed by atoms with Crippen LogP contribution in [-0.4, -0.2) is 0 Å². The van der Waals surface area contributed by atoms with Crippen molar-refractivity contribution < 1.29 is 4.42 Å². The molecule has 0 saturated carbocycles. The summed E-state index contributed by atoms with van der Waals surface area (Å²) in [7, 11) is 0. The fourth-order valence-corrected chi connectivity index (χ4v) is 1.66. The van der Waals surface area contributed by atoms with Crippen LogP contribution in [0.1, 0.15) is 23.8 Å². The zero-order chi connectivity index (χ0) is 11.5. The molecule has 0 atom stereocenters. The lowest BCUT2D eigenvalue weighted by Gasteiger charge is -2.06. The minimum Gasteiger partial charge on any atom is -0.463 e. The average Bonchev–Trinajstić information content (AvgIpc) is 2.75. The van der Waals surface area contributed by atoms with Crippen molar-refractivity contribution in [2.45, 2.75) is 13.8 Å². The van der Waals surface area contributed by atoms with Crippen LogP contribution in [0.5, 0.6) is 0 Å². The van der Waals surface area contributed by atoms with E-state index in [2.05, 4.69) is 0 Å². The van der Waals surface area contributed by atoms with E-state index in [4.69, 9.17) is 10.2 Å². The molecule has 2 rings (SSSR count). The van der Waals surface area contributed by atoms with E-state index in [-0.39, 0.29) is 0 Å². The smallest absolute Gasteiger partial charge is 0.152 e. The number of nitrogens with two attached hydrogens (primary N) is 1. The van der Waals surface area contributed by atoms with E-state index >= 15 is 0 Å². The van der Waals surface area contributed by atoms with Crippen LogP contribution in [0.15, 0.2) is 47.1 Å². The van der Waals surface area contributed by atoms with Gasteiger partial charge in [0.25, 0.3) is 0 Å². The SMILES string of the molecule is C/C(=C(/N)c1occc1C)c1ccccc1. The second kappa shape index (κ2) is 4.27. The highest BCUT2D eigenvalue weighted by atomic mass is 16.3. The fourth-order valence-electron chi connectivity index (χ4n) is 1.66. The molecule has 2 heteroatoms. The third kappa shape index (κ3) is 1.87. The molecule has 16 heavy (non-hydrogen) atoms. The number of allylic oxidation sites excluding steroid dienone is 1. The van der Waals surface area contributed by atoms with E-state index in [1.54, 1.807) is 6.26 Å². The number of hydrogen-bond donors (Lipinski definition) is 1. The van der Waals surface area contributed by atoms with Crippen molar-refractivity contribution in [2.75, 3.05) is 0 Å². The second-order valence-corrected chi connectivity index (χ2v) is 3.84. The van der Waals surface area contributed by atoms with Crippen LogP contribution < -0.4 is 5.73 Å². The third-order valence-corrected chi connectivity index (χ3v) is 2.72. The molecular formula is C14H15NO. The molecule has 0 amide bonds. The molecule has 0 spiro atoms. The van der Waals surface area contributed by atoms with E-state index in [1.165, 1.54) is 0 Å². The summed E-state index contributed by atoms with van der Waals surface area (Å²) < 4.78 is 5.39. The Balaban J connectivity index is 2.47. The lowest BCUT2D eigenvalue weighted by atomic mass is 10.0. The lowest BCUT2D eigenvalue weighted by Crippen LogP contribution is -1.99. The molecule has 2 N–H and O–H groups in total. The van der Waals surface area contributed by atoms with Gasteiger partial charge in [-0.05, 0) is 36.6 Å². The summed E-state index contributed by atoms with van der Waals surface area (Å²) in [6.07, 6.45) is 1.66. The molecule has 1 heterocycles. The van der Waals surface area contributed by atoms with Gasteiger partial charge in [0.1, 0.15) is 0 Å². The van der Waals surface area contributed by atoms with Crippen LogP contribution in [0.2, 0.25) is 0 Å². The molecule has 1 aromatic carbocycles. The van der Waals surface area contributed by atoms with Crippen molar-refractivity contribution in [1.82, 2.24) is 0 Å². The largest absolute Gasteiger partial charge is 0.463 e. The quantitative estimate of drug-likeness (QED) is 0.830. The maximum absolute atomic E-state index is 6.10.